The molecule has 0 aliphatic rings. The number of hydrogen-bond acceptors (Lipinski definition) is 5. The molecule has 10 heteroatoms. The van der Waals surface area contributed by atoms with Gasteiger partial charge in [-0.25, -0.2) is 14.6 Å². The zero-order chi connectivity index (χ0) is 18.0. The molecule has 0 atom stereocenters. The van der Waals surface area contributed by atoms with Crippen molar-refractivity contribution in [2.24, 2.45) is 0 Å². The van der Waals surface area contributed by atoms with Crippen LogP contribution in [0.3, 0.4) is 0 Å². The maximum Gasteiger partial charge on any atom is 1.00 e. The van der Waals surface area contributed by atoms with Gasteiger partial charge in [0, 0.05) is 11.3 Å². The molecule has 0 spiro atoms. The van der Waals surface area contributed by atoms with Gasteiger partial charge in [-0.3, -0.25) is 10.1 Å². The smallest absolute Gasteiger partial charge is 1.00 e. The van der Waals surface area contributed by atoms with Crippen LogP contribution in [-0.4, -0.2) is 28.0 Å². The van der Waals surface area contributed by atoms with Gasteiger partial charge in [-0.15, -0.1) is 0 Å². The zero-order valence-electron chi connectivity index (χ0n) is 14.4. The Balaban J connectivity index is 0.00000182. The number of aromatic carboxylic acids is 1. The fourth-order valence-electron chi connectivity index (χ4n) is 2.10. The Bertz CT molecular complexity index is 1010. The SMILES string of the molecule is O=C(NC(=O)c1ccc2ncoc2c1)Nc1ccc(Cl)c(C(=O)O)c1.[H-].[Na+]. The van der Waals surface area contributed by atoms with Crippen LogP contribution >= 0.6 is 11.6 Å². The van der Waals surface area contributed by atoms with Crippen LogP contribution in [0.4, 0.5) is 10.5 Å². The first-order chi connectivity index (χ1) is 11.9. The van der Waals surface area contributed by atoms with E-state index < -0.39 is 17.9 Å². The first-order valence-corrected chi connectivity index (χ1v) is 7.30. The summed E-state index contributed by atoms with van der Waals surface area (Å²) in [7, 11) is 0. The van der Waals surface area contributed by atoms with Crippen LogP contribution in [-0.2, 0) is 0 Å². The number of carbonyl (C=O) groups excluding carboxylic acids is 2. The second-order valence-electron chi connectivity index (χ2n) is 4.94. The molecule has 26 heavy (non-hydrogen) atoms. The van der Waals surface area contributed by atoms with Gasteiger partial charge < -0.3 is 16.3 Å². The quantitative estimate of drug-likeness (QED) is 0.558. The van der Waals surface area contributed by atoms with Crippen LogP contribution in [0.15, 0.2) is 47.2 Å². The van der Waals surface area contributed by atoms with Crippen molar-refractivity contribution in [2.75, 3.05) is 5.32 Å². The van der Waals surface area contributed by atoms with E-state index in [1.54, 1.807) is 6.07 Å². The van der Waals surface area contributed by atoms with Crippen LogP contribution < -0.4 is 40.2 Å². The minimum Gasteiger partial charge on any atom is -1.00 e. The number of halogens is 1. The number of imide groups is 1. The normalized spacial score (nSPS) is 10.0. The third-order valence-electron chi connectivity index (χ3n) is 3.28. The second kappa shape index (κ2) is 8.33. The van der Waals surface area contributed by atoms with Gasteiger partial charge in [0.2, 0.25) is 0 Å². The molecule has 0 fully saturated rings. The molecular weight excluding hydrogens is 373 g/mol. The Morgan fingerprint density at radius 2 is 1.92 bits per heavy atom. The molecule has 3 N–H and O–H groups in total. The van der Waals surface area contributed by atoms with Gasteiger partial charge in [-0.05, 0) is 36.4 Å². The third-order valence-corrected chi connectivity index (χ3v) is 3.60. The van der Waals surface area contributed by atoms with E-state index in [-0.39, 0.29) is 52.8 Å². The van der Waals surface area contributed by atoms with Gasteiger partial charge in [0.25, 0.3) is 5.91 Å². The maximum absolute atomic E-state index is 12.1. The Kier molecular flexibility index (Phi) is 6.38. The maximum atomic E-state index is 12.1. The predicted molar refractivity (Wildman–Crippen MR) is 90.0 cm³/mol. The molecule has 0 saturated carbocycles. The molecule has 0 unspecified atom stereocenters. The van der Waals surface area contributed by atoms with Crippen molar-refractivity contribution in [3.63, 3.8) is 0 Å². The molecule has 3 aromatic rings. The van der Waals surface area contributed by atoms with Crippen molar-refractivity contribution in [1.29, 1.82) is 0 Å². The van der Waals surface area contributed by atoms with Crippen LogP contribution in [0.25, 0.3) is 11.1 Å². The number of carboxylic acids is 1. The van der Waals surface area contributed by atoms with Crippen molar-refractivity contribution >= 4 is 46.3 Å². The van der Waals surface area contributed by atoms with Crippen LogP contribution in [0.2, 0.25) is 5.02 Å². The molecule has 3 rings (SSSR count). The van der Waals surface area contributed by atoms with Crippen molar-refractivity contribution in [3.05, 3.63) is 58.9 Å². The Morgan fingerprint density at radius 1 is 1.15 bits per heavy atom. The summed E-state index contributed by atoms with van der Waals surface area (Å²) < 4.78 is 5.10. The number of amides is 3. The first-order valence-electron chi connectivity index (χ1n) is 6.92. The molecule has 128 valence electrons. The van der Waals surface area contributed by atoms with Gasteiger partial charge in [0.1, 0.15) is 5.52 Å². The summed E-state index contributed by atoms with van der Waals surface area (Å²) in [6.45, 7) is 0. The monoisotopic (exact) mass is 383 g/mol. The van der Waals surface area contributed by atoms with Crippen molar-refractivity contribution in [1.82, 2.24) is 10.3 Å². The van der Waals surface area contributed by atoms with Crippen molar-refractivity contribution < 1.29 is 54.9 Å². The van der Waals surface area contributed by atoms with E-state index in [4.69, 9.17) is 21.1 Å². The number of oxazole rings is 1. The summed E-state index contributed by atoms with van der Waals surface area (Å²) in [4.78, 5) is 39.0. The predicted octanol–water partition coefficient (Wildman–Crippen LogP) is 0.258. The number of rotatable bonds is 3. The fourth-order valence-corrected chi connectivity index (χ4v) is 2.30. The molecule has 0 radical (unpaired) electrons. The van der Waals surface area contributed by atoms with Gasteiger partial charge in [0.05, 0.1) is 10.6 Å². The van der Waals surface area contributed by atoms with Crippen LogP contribution in [0, 0.1) is 0 Å². The van der Waals surface area contributed by atoms with Gasteiger partial charge in [-0.1, -0.05) is 11.6 Å². The van der Waals surface area contributed by atoms with E-state index in [2.05, 4.69) is 15.6 Å². The fraction of sp³-hybridized carbons (Fsp3) is 0. The van der Waals surface area contributed by atoms with E-state index in [0.717, 1.165) is 0 Å². The Morgan fingerprint density at radius 3 is 2.65 bits per heavy atom. The average molecular weight is 384 g/mol. The number of fused-ring (bicyclic) bond motifs is 1. The Hall–Kier alpha value is -2.39. The molecule has 3 amide bonds. The topological polar surface area (TPSA) is 122 Å². The number of carboxylic acid groups (broad SMARTS) is 1. The number of carbonyl (C=O) groups is 3. The number of benzene rings is 2. The summed E-state index contributed by atoms with van der Waals surface area (Å²) in [5.74, 6) is -1.88. The van der Waals surface area contributed by atoms with Crippen molar-refractivity contribution in [3.8, 4) is 0 Å². The minimum absolute atomic E-state index is 0. The molecule has 8 nitrogen and oxygen atoms in total. The molecule has 1 aromatic heterocycles. The number of urea groups is 1. The molecule has 2 aromatic carbocycles. The summed E-state index contributed by atoms with van der Waals surface area (Å²) >= 11 is 5.75. The van der Waals surface area contributed by atoms with Gasteiger partial charge in [-0.2, -0.15) is 0 Å². The molecule has 0 bridgehead atoms. The van der Waals surface area contributed by atoms with E-state index in [9.17, 15) is 14.4 Å². The number of nitrogens with one attached hydrogen (secondary N) is 2. The molecule has 1 heterocycles. The number of aromatic nitrogens is 1. The zero-order valence-corrected chi connectivity index (χ0v) is 16.2. The standard InChI is InChI=1S/C16H10ClN3O5.Na.H/c17-11-3-2-9(6-10(11)15(22)23)19-16(24)20-14(21)8-1-4-12-13(5-8)25-7-18-12;;/h1-7H,(H,22,23)(H2,19,20,21,24);;/q;+1;-1. The summed E-state index contributed by atoms with van der Waals surface area (Å²) in [5, 5.41) is 13.5. The molecule has 0 aliphatic carbocycles. The first kappa shape index (κ1) is 19.9. The average Bonchev–Trinajstić information content (AvgIpc) is 3.03. The second-order valence-corrected chi connectivity index (χ2v) is 5.35. The van der Waals surface area contributed by atoms with E-state index in [0.29, 0.717) is 11.1 Å². The van der Waals surface area contributed by atoms with Gasteiger partial charge >= 0.3 is 41.6 Å². The van der Waals surface area contributed by atoms with Gasteiger partial charge in [0.15, 0.2) is 12.0 Å². The summed E-state index contributed by atoms with van der Waals surface area (Å²) in [5.41, 5.74) is 1.22. The van der Waals surface area contributed by atoms with E-state index >= 15 is 0 Å². The molecule has 0 saturated heterocycles. The molecule has 0 aliphatic heterocycles. The summed E-state index contributed by atoms with van der Waals surface area (Å²) in [6, 6.07) is 7.66. The third kappa shape index (κ3) is 4.41. The molecular formula is C16H11ClN3NaO5. The van der Waals surface area contributed by atoms with E-state index in [1.165, 1.54) is 36.7 Å². The van der Waals surface area contributed by atoms with Crippen molar-refractivity contribution in [2.45, 2.75) is 0 Å². The number of hydrogen-bond donors (Lipinski definition) is 3. The van der Waals surface area contributed by atoms with Crippen LogP contribution in [0.1, 0.15) is 22.1 Å². The minimum atomic E-state index is -1.23. The number of nitrogens with zero attached hydrogens (tertiary/aromatic N) is 1. The summed E-state index contributed by atoms with van der Waals surface area (Å²) in [6.07, 6.45) is 1.25. The largest absolute Gasteiger partial charge is 1.00 e. The van der Waals surface area contributed by atoms with Crippen LogP contribution in [0.5, 0.6) is 0 Å². The number of anilines is 1. The van der Waals surface area contributed by atoms with E-state index in [1.807, 2.05) is 0 Å². The Labute approximate surface area is 175 Å².